The highest BCUT2D eigenvalue weighted by Crippen LogP contribution is 2.29. The van der Waals surface area contributed by atoms with Gasteiger partial charge in [-0.3, -0.25) is 0 Å². The number of hydrogen-bond donors (Lipinski definition) is 0. The van der Waals surface area contributed by atoms with Crippen LogP contribution in [-0.4, -0.2) is 23.9 Å². The van der Waals surface area contributed by atoms with Crippen molar-refractivity contribution < 1.29 is 13.9 Å². The molecule has 0 saturated heterocycles. The molecule has 5 nitrogen and oxygen atoms in total. The second-order valence-corrected chi connectivity index (χ2v) is 7.98. The van der Waals surface area contributed by atoms with Gasteiger partial charge in [-0.25, -0.2) is 0 Å². The van der Waals surface area contributed by atoms with Crippen molar-refractivity contribution in [1.29, 1.82) is 0 Å². The van der Waals surface area contributed by atoms with E-state index >= 15 is 0 Å². The molecule has 3 aromatic carbocycles. The Morgan fingerprint density at radius 1 is 0.688 bits per heavy atom. The van der Waals surface area contributed by atoms with Crippen molar-refractivity contribution in [2.45, 2.75) is 45.4 Å². The molecule has 1 aromatic heterocycles. The predicted octanol–water partition coefficient (Wildman–Crippen LogP) is 7.30. The lowest BCUT2D eigenvalue weighted by Gasteiger charge is -2.08. The lowest BCUT2D eigenvalue weighted by atomic mass is 10.1. The summed E-state index contributed by atoms with van der Waals surface area (Å²) in [4.78, 5) is 0. The first-order valence-corrected chi connectivity index (χ1v) is 11.4. The molecule has 0 spiro atoms. The predicted molar refractivity (Wildman–Crippen MR) is 128 cm³/mol. The van der Waals surface area contributed by atoms with Gasteiger partial charge in [-0.1, -0.05) is 51.2 Å². The number of ether oxygens (including phenoxy) is 2. The minimum absolute atomic E-state index is 0.487. The average Bonchev–Trinajstić information content (AvgIpc) is 3.33. The van der Waals surface area contributed by atoms with E-state index in [1.807, 2.05) is 36.4 Å². The van der Waals surface area contributed by atoms with Gasteiger partial charge >= 0.3 is 0 Å². The fraction of sp³-hybridized carbons (Fsp3) is 0.333. The highest BCUT2D eigenvalue weighted by atomic mass is 16.5. The van der Waals surface area contributed by atoms with Crippen LogP contribution in [0.3, 0.4) is 0 Å². The van der Waals surface area contributed by atoms with Crippen LogP contribution in [0.5, 0.6) is 11.5 Å². The van der Waals surface area contributed by atoms with E-state index in [9.17, 15) is 0 Å². The third-order valence-electron chi connectivity index (χ3n) is 5.59. The molecule has 0 atom stereocenters. The Labute approximate surface area is 189 Å². The molecule has 5 heteroatoms. The zero-order chi connectivity index (χ0) is 22.2. The number of hydrogen-bond acceptors (Lipinski definition) is 5. The Kier molecular flexibility index (Phi) is 7.38. The molecule has 4 rings (SSSR count). The largest absolute Gasteiger partial charge is 0.497 e. The van der Waals surface area contributed by atoms with Gasteiger partial charge in [-0.05, 0) is 65.7 Å². The van der Waals surface area contributed by atoms with Gasteiger partial charge in [0.1, 0.15) is 11.5 Å². The molecule has 4 aromatic rings. The normalized spacial score (nSPS) is 11.1. The number of aromatic nitrogens is 2. The summed E-state index contributed by atoms with van der Waals surface area (Å²) in [6.07, 6.45) is 7.59. The highest BCUT2D eigenvalue weighted by Gasteiger charge is 2.11. The Bertz CT molecular complexity index is 1140. The van der Waals surface area contributed by atoms with Crippen LogP contribution in [0.4, 0.5) is 0 Å². The molecule has 0 aliphatic heterocycles. The molecule has 0 bridgehead atoms. The summed E-state index contributed by atoms with van der Waals surface area (Å²) in [5.74, 6) is 2.69. The highest BCUT2D eigenvalue weighted by molar-refractivity contribution is 5.87. The van der Waals surface area contributed by atoms with Gasteiger partial charge in [-0.2, -0.15) is 0 Å². The quantitative estimate of drug-likeness (QED) is 0.234. The van der Waals surface area contributed by atoms with E-state index in [-0.39, 0.29) is 0 Å². The SMILES string of the molecule is CCCCCCCCOc1ccc2cc(-c3nnc(-c4ccc(OC)cc4)o3)ccc2c1. The summed E-state index contributed by atoms with van der Waals surface area (Å²) in [6.45, 7) is 3.01. The number of methoxy groups -OCH3 is 1. The fourth-order valence-corrected chi connectivity index (χ4v) is 3.71. The zero-order valence-corrected chi connectivity index (χ0v) is 18.8. The van der Waals surface area contributed by atoms with Crippen LogP contribution >= 0.6 is 0 Å². The molecule has 0 fully saturated rings. The molecule has 1 heterocycles. The molecule has 0 amide bonds. The maximum atomic E-state index is 5.95. The van der Waals surface area contributed by atoms with Crippen molar-refractivity contribution >= 4 is 10.8 Å². The number of benzene rings is 3. The summed E-state index contributed by atoms with van der Waals surface area (Å²) in [7, 11) is 1.64. The summed E-state index contributed by atoms with van der Waals surface area (Å²) < 4.78 is 17.1. The Hall–Kier alpha value is -3.34. The monoisotopic (exact) mass is 430 g/mol. The second-order valence-electron chi connectivity index (χ2n) is 7.98. The average molecular weight is 431 g/mol. The van der Waals surface area contributed by atoms with Crippen LogP contribution in [0.1, 0.15) is 45.4 Å². The van der Waals surface area contributed by atoms with Crippen LogP contribution in [0.15, 0.2) is 65.1 Å². The van der Waals surface area contributed by atoms with E-state index < -0.39 is 0 Å². The van der Waals surface area contributed by atoms with Crippen LogP contribution in [0, 0.1) is 0 Å². The van der Waals surface area contributed by atoms with Gasteiger partial charge in [0.25, 0.3) is 0 Å². The van der Waals surface area contributed by atoms with Crippen LogP contribution in [-0.2, 0) is 0 Å². The van der Waals surface area contributed by atoms with Crippen molar-refractivity contribution in [3.05, 3.63) is 60.7 Å². The second kappa shape index (κ2) is 10.8. The molecule has 0 aliphatic rings. The van der Waals surface area contributed by atoms with Crippen LogP contribution in [0.25, 0.3) is 33.7 Å². The van der Waals surface area contributed by atoms with Gasteiger partial charge in [-0.15, -0.1) is 10.2 Å². The number of rotatable bonds is 11. The van der Waals surface area contributed by atoms with Gasteiger partial charge in [0.15, 0.2) is 0 Å². The van der Waals surface area contributed by atoms with E-state index in [2.05, 4.69) is 41.4 Å². The Morgan fingerprint density at radius 2 is 1.31 bits per heavy atom. The van der Waals surface area contributed by atoms with Gasteiger partial charge in [0.05, 0.1) is 13.7 Å². The Balaban J connectivity index is 1.39. The van der Waals surface area contributed by atoms with Crippen LogP contribution in [0.2, 0.25) is 0 Å². The van der Waals surface area contributed by atoms with E-state index in [1.165, 1.54) is 32.1 Å². The topological polar surface area (TPSA) is 57.4 Å². The third-order valence-corrected chi connectivity index (χ3v) is 5.59. The van der Waals surface area contributed by atoms with E-state index in [0.717, 1.165) is 46.4 Å². The molecule has 0 unspecified atom stereocenters. The lowest BCUT2D eigenvalue weighted by molar-refractivity contribution is 0.305. The van der Waals surface area contributed by atoms with E-state index in [4.69, 9.17) is 13.9 Å². The molecule has 32 heavy (non-hydrogen) atoms. The maximum Gasteiger partial charge on any atom is 0.248 e. The maximum absolute atomic E-state index is 5.95. The van der Waals surface area contributed by atoms with Gasteiger partial charge in [0, 0.05) is 11.1 Å². The van der Waals surface area contributed by atoms with Crippen molar-refractivity contribution in [2.75, 3.05) is 13.7 Å². The van der Waals surface area contributed by atoms with Crippen molar-refractivity contribution in [2.24, 2.45) is 0 Å². The summed E-state index contributed by atoms with van der Waals surface area (Å²) in [5, 5.41) is 10.7. The van der Waals surface area contributed by atoms with Gasteiger partial charge < -0.3 is 13.9 Å². The van der Waals surface area contributed by atoms with Crippen molar-refractivity contribution in [1.82, 2.24) is 10.2 Å². The number of unbranched alkanes of at least 4 members (excludes halogenated alkanes) is 5. The van der Waals surface area contributed by atoms with E-state index in [1.54, 1.807) is 7.11 Å². The lowest BCUT2D eigenvalue weighted by Crippen LogP contribution is -1.97. The molecule has 0 saturated carbocycles. The zero-order valence-electron chi connectivity index (χ0n) is 18.8. The standard InChI is InChI=1S/C27H30N2O3/c1-3-4-5-6-7-8-17-31-25-16-13-21-18-23(10-9-22(21)19-25)27-29-28-26(32-27)20-11-14-24(30-2)15-12-20/h9-16,18-19H,3-8,17H2,1-2H3. The van der Waals surface area contributed by atoms with E-state index in [0.29, 0.717) is 11.8 Å². The first-order valence-electron chi connectivity index (χ1n) is 11.4. The van der Waals surface area contributed by atoms with Crippen molar-refractivity contribution in [3.8, 4) is 34.4 Å². The van der Waals surface area contributed by atoms with Gasteiger partial charge in [0.2, 0.25) is 11.8 Å². The first-order chi connectivity index (χ1) is 15.8. The molecule has 0 N–H and O–H groups in total. The fourth-order valence-electron chi connectivity index (χ4n) is 3.71. The Morgan fingerprint density at radius 3 is 2.09 bits per heavy atom. The smallest absolute Gasteiger partial charge is 0.248 e. The summed E-state index contributed by atoms with van der Waals surface area (Å²) in [5.41, 5.74) is 1.75. The molecular formula is C27H30N2O3. The van der Waals surface area contributed by atoms with Crippen LogP contribution < -0.4 is 9.47 Å². The first kappa shape index (κ1) is 21.9. The minimum Gasteiger partial charge on any atom is -0.497 e. The number of nitrogens with zero attached hydrogens (tertiary/aromatic N) is 2. The molecule has 166 valence electrons. The molecule has 0 aliphatic carbocycles. The summed E-state index contributed by atoms with van der Waals surface area (Å²) in [6, 6.07) is 19.9. The number of fused-ring (bicyclic) bond motifs is 1. The minimum atomic E-state index is 0.487. The third kappa shape index (κ3) is 5.47. The van der Waals surface area contributed by atoms with Crippen molar-refractivity contribution in [3.63, 3.8) is 0 Å². The molecular weight excluding hydrogens is 400 g/mol. The summed E-state index contributed by atoms with van der Waals surface area (Å²) >= 11 is 0. The molecule has 0 radical (unpaired) electrons.